The fraction of sp³-hybridized carbons (Fsp3) is 0.118. The minimum absolute atomic E-state index is 0. The van der Waals surface area contributed by atoms with E-state index in [-0.39, 0.29) is 47.7 Å². The zero-order valence-electron chi connectivity index (χ0n) is 14.1. The highest BCUT2D eigenvalue weighted by atomic mass is 35.5. The van der Waals surface area contributed by atoms with Crippen LogP contribution in [0, 0.1) is 0 Å². The number of oxazole rings is 1. The first-order chi connectivity index (χ1) is 12.8. The standard InChI is InChI=1S/C17H13F3N4O3.ClH/c18-17(19,20)13-6-10(9-21)7-14(23-13)27-12-3-1-2-11(8-12)15(25)24-16-22-4-5-26-16;/h1-8H,9,21H2,(H,22,24,25);1H. The van der Waals surface area contributed by atoms with E-state index < -0.39 is 17.8 Å². The van der Waals surface area contributed by atoms with Gasteiger partial charge in [0.05, 0.1) is 6.20 Å². The summed E-state index contributed by atoms with van der Waals surface area (Å²) in [5, 5.41) is 2.42. The third-order valence-corrected chi connectivity index (χ3v) is 3.36. The molecule has 2 heterocycles. The molecule has 0 fully saturated rings. The van der Waals surface area contributed by atoms with Gasteiger partial charge in [0.1, 0.15) is 17.7 Å². The lowest BCUT2D eigenvalue weighted by Gasteiger charge is -2.11. The van der Waals surface area contributed by atoms with Gasteiger partial charge in [0.15, 0.2) is 0 Å². The van der Waals surface area contributed by atoms with Crippen molar-refractivity contribution >= 4 is 24.3 Å². The number of ether oxygens (including phenoxy) is 1. The van der Waals surface area contributed by atoms with E-state index in [9.17, 15) is 18.0 Å². The number of nitrogens with two attached hydrogens (primary N) is 1. The second-order valence-electron chi connectivity index (χ2n) is 5.32. The number of carbonyl (C=O) groups is 1. The molecule has 2 aromatic heterocycles. The molecule has 7 nitrogen and oxygen atoms in total. The van der Waals surface area contributed by atoms with Gasteiger partial charge in [-0.3, -0.25) is 10.1 Å². The van der Waals surface area contributed by atoms with Gasteiger partial charge < -0.3 is 14.9 Å². The molecule has 3 aromatic rings. The van der Waals surface area contributed by atoms with Crippen molar-refractivity contribution in [3.63, 3.8) is 0 Å². The van der Waals surface area contributed by atoms with Crippen molar-refractivity contribution in [2.24, 2.45) is 5.73 Å². The van der Waals surface area contributed by atoms with Gasteiger partial charge in [0.2, 0.25) is 5.88 Å². The zero-order valence-corrected chi connectivity index (χ0v) is 14.9. The van der Waals surface area contributed by atoms with Gasteiger partial charge in [0, 0.05) is 18.2 Å². The van der Waals surface area contributed by atoms with Crippen LogP contribution in [0.4, 0.5) is 19.2 Å². The predicted molar refractivity (Wildman–Crippen MR) is 95.4 cm³/mol. The third-order valence-electron chi connectivity index (χ3n) is 3.36. The SMILES string of the molecule is Cl.NCc1cc(Oc2cccc(C(=O)Nc3ncco3)c2)nc(C(F)(F)F)c1. The molecule has 3 rings (SSSR count). The molecule has 1 aromatic carbocycles. The molecule has 0 aliphatic rings. The van der Waals surface area contributed by atoms with Crippen LogP contribution in [0.5, 0.6) is 11.6 Å². The second-order valence-corrected chi connectivity index (χ2v) is 5.32. The van der Waals surface area contributed by atoms with Crippen LogP contribution in [0.3, 0.4) is 0 Å². The van der Waals surface area contributed by atoms with Gasteiger partial charge in [-0.05, 0) is 29.8 Å². The van der Waals surface area contributed by atoms with Crippen LogP contribution in [0.15, 0.2) is 53.3 Å². The van der Waals surface area contributed by atoms with Gasteiger partial charge in [-0.15, -0.1) is 12.4 Å². The molecule has 0 spiro atoms. The zero-order chi connectivity index (χ0) is 19.4. The highest BCUT2D eigenvalue weighted by Crippen LogP contribution is 2.31. The van der Waals surface area contributed by atoms with Gasteiger partial charge in [-0.2, -0.15) is 13.2 Å². The van der Waals surface area contributed by atoms with Gasteiger partial charge in [-0.1, -0.05) is 6.07 Å². The molecular weight excluding hydrogens is 401 g/mol. The lowest BCUT2D eigenvalue weighted by atomic mass is 10.2. The van der Waals surface area contributed by atoms with Crippen molar-refractivity contribution in [2.45, 2.75) is 12.7 Å². The van der Waals surface area contributed by atoms with Crippen LogP contribution in [0.1, 0.15) is 21.6 Å². The summed E-state index contributed by atoms with van der Waals surface area (Å²) in [5.41, 5.74) is 4.73. The lowest BCUT2D eigenvalue weighted by Crippen LogP contribution is -2.12. The Morgan fingerprint density at radius 3 is 2.68 bits per heavy atom. The van der Waals surface area contributed by atoms with E-state index in [1.807, 2.05) is 0 Å². The van der Waals surface area contributed by atoms with E-state index in [1.54, 1.807) is 0 Å². The number of nitrogens with zero attached hydrogens (tertiary/aromatic N) is 2. The van der Waals surface area contributed by atoms with Crippen LogP contribution in [-0.2, 0) is 12.7 Å². The summed E-state index contributed by atoms with van der Waals surface area (Å²) < 4.78 is 49.2. The number of alkyl halides is 3. The molecule has 1 amide bonds. The number of nitrogens with one attached hydrogen (secondary N) is 1. The van der Waals surface area contributed by atoms with Crippen molar-refractivity contribution in [1.82, 2.24) is 9.97 Å². The van der Waals surface area contributed by atoms with Gasteiger partial charge >= 0.3 is 12.2 Å². The lowest BCUT2D eigenvalue weighted by molar-refractivity contribution is -0.141. The molecular formula is C17H14ClF3N4O3. The molecule has 0 unspecified atom stereocenters. The maximum atomic E-state index is 12.9. The largest absolute Gasteiger partial charge is 0.439 e. The van der Waals surface area contributed by atoms with Crippen molar-refractivity contribution in [1.29, 1.82) is 0 Å². The van der Waals surface area contributed by atoms with Crippen LogP contribution in [0.25, 0.3) is 0 Å². The van der Waals surface area contributed by atoms with E-state index in [1.165, 1.54) is 42.8 Å². The first kappa shape index (κ1) is 21.2. The Labute approximate surface area is 163 Å². The topological polar surface area (TPSA) is 103 Å². The summed E-state index contributed by atoms with van der Waals surface area (Å²) in [6, 6.07) is 8.00. The summed E-state index contributed by atoms with van der Waals surface area (Å²) in [4.78, 5) is 19.4. The van der Waals surface area contributed by atoms with Crippen molar-refractivity contribution in [3.05, 3.63) is 65.7 Å². The number of carbonyl (C=O) groups excluding carboxylic acids is 1. The number of pyridine rings is 1. The fourth-order valence-electron chi connectivity index (χ4n) is 2.15. The van der Waals surface area contributed by atoms with E-state index in [0.29, 0.717) is 0 Å². The first-order valence-electron chi connectivity index (χ1n) is 7.62. The molecule has 0 saturated heterocycles. The van der Waals surface area contributed by atoms with E-state index in [0.717, 1.165) is 6.07 Å². The maximum Gasteiger partial charge on any atom is 0.433 e. The molecule has 28 heavy (non-hydrogen) atoms. The minimum atomic E-state index is -4.64. The first-order valence-corrected chi connectivity index (χ1v) is 7.62. The molecule has 0 saturated carbocycles. The monoisotopic (exact) mass is 414 g/mol. The Morgan fingerprint density at radius 2 is 2.04 bits per heavy atom. The summed E-state index contributed by atoms with van der Waals surface area (Å²) in [7, 11) is 0. The average Bonchev–Trinajstić information content (AvgIpc) is 3.14. The third kappa shape index (κ3) is 5.21. The molecule has 0 aliphatic heterocycles. The van der Waals surface area contributed by atoms with E-state index in [2.05, 4.69) is 15.3 Å². The maximum absolute atomic E-state index is 12.9. The Morgan fingerprint density at radius 1 is 1.25 bits per heavy atom. The van der Waals surface area contributed by atoms with Crippen LogP contribution < -0.4 is 15.8 Å². The van der Waals surface area contributed by atoms with Crippen LogP contribution >= 0.6 is 12.4 Å². The van der Waals surface area contributed by atoms with Crippen LogP contribution in [0.2, 0.25) is 0 Å². The number of anilines is 1. The molecule has 0 bridgehead atoms. The van der Waals surface area contributed by atoms with Gasteiger partial charge in [0.25, 0.3) is 5.91 Å². The molecule has 0 atom stereocenters. The van der Waals surface area contributed by atoms with Gasteiger partial charge in [-0.25, -0.2) is 9.97 Å². The number of hydrogen-bond donors (Lipinski definition) is 2. The van der Waals surface area contributed by atoms with Crippen molar-refractivity contribution in [2.75, 3.05) is 5.32 Å². The number of benzene rings is 1. The number of rotatable bonds is 5. The Balaban J connectivity index is 0.00000280. The van der Waals surface area contributed by atoms with E-state index in [4.69, 9.17) is 14.9 Å². The summed E-state index contributed by atoms with van der Waals surface area (Å²) in [6.07, 6.45) is -1.98. The summed E-state index contributed by atoms with van der Waals surface area (Å²) >= 11 is 0. The number of halogens is 4. The highest BCUT2D eigenvalue weighted by molar-refractivity contribution is 6.03. The fourth-order valence-corrected chi connectivity index (χ4v) is 2.15. The Bertz CT molecular complexity index is 949. The summed E-state index contributed by atoms with van der Waals surface area (Å²) in [6.45, 7) is -0.111. The second kappa shape index (κ2) is 8.72. The number of aromatic nitrogens is 2. The highest BCUT2D eigenvalue weighted by Gasteiger charge is 2.33. The molecule has 11 heteroatoms. The Kier molecular flexibility index (Phi) is 6.60. The summed E-state index contributed by atoms with van der Waals surface area (Å²) in [5.74, 6) is -0.678. The van der Waals surface area contributed by atoms with Crippen molar-refractivity contribution < 1.29 is 27.1 Å². The minimum Gasteiger partial charge on any atom is -0.439 e. The smallest absolute Gasteiger partial charge is 0.433 e. The predicted octanol–water partition coefficient (Wildman–Crippen LogP) is 4.01. The number of amides is 1. The quantitative estimate of drug-likeness (QED) is 0.653. The number of hydrogen-bond acceptors (Lipinski definition) is 6. The molecule has 0 radical (unpaired) electrons. The molecule has 3 N–H and O–H groups in total. The Hall–Kier alpha value is -3.11. The molecule has 148 valence electrons. The normalized spacial score (nSPS) is 10.9. The van der Waals surface area contributed by atoms with Crippen LogP contribution in [-0.4, -0.2) is 15.9 Å². The van der Waals surface area contributed by atoms with E-state index >= 15 is 0 Å². The van der Waals surface area contributed by atoms with Crippen molar-refractivity contribution in [3.8, 4) is 11.6 Å². The molecule has 0 aliphatic carbocycles. The average molecular weight is 415 g/mol.